The molecule has 10 nitrogen and oxygen atoms in total. The van der Waals surface area contributed by atoms with Gasteiger partial charge in [0, 0.05) is 49.5 Å². The molecule has 7 saturated carbocycles. The van der Waals surface area contributed by atoms with Crippen LogP contribution in [0.4, 0.5) is 0 Å². The topological polar surface area (TPSA) is 166 Å². The first-order chi connectivity index (χ1) is 25.4. The second-order valence-electron chi connectivity index (χ2n) is 19.4. The number of carbonyl (C=O) groups excluding carboxylic acids is 2. The predicted octanol–water partition coefficient (Wildman–Crippen LogP) is 3.76. The van der Waals surface area contributed by atoms with Gasteiger partial charge in [-0.25, -0.2) is 4.79 Å². The Hall–Kier alpha value is -1.66. The van der Waals surface area contributed by atoms with Crippen molar-refractivity contribution in [2.45, 2.75) is 144 Å². The number of esters is 1. The standard InChI is InChI=1S/C43H63NO9/c1-25(26-7-3-4-8-26)27-9-10-30-33(46)11-15-39(24-45)34-12-16-38-13-5-14-40-29(23-44-17-6-18-52-2)19-28(36(38)31(40)21-35(47)53-40)22-41(38,49)43(34,51)37(48)32(20-27)42(30,39)50/h19,21,24-28,30,32-34,36-37,44,46,48-51H,3-18,20,22-23H2,1-2H3/t25-,27-,28-,30+,32-,33-,34+,36+,37-,38+,39-,40+,41+,42+,43+/m0/s1. The molecule has 9 rings (SSSR count). The number of methoxy groups -OCH3 is 1. The number of allylic oxidation sites excluding steroid dienone is 1. The zero-order valence-electron chi connectivity index (χ0n) is 31.8. The molecule has 15 atom stereocenters. The van der Waals surface area contributed by atoms with E-state index in [1.807, 2.05) is 0 Å². The summed E-state index contributed by atoms with van der Waals surface area (Å²) in [5, 5.41) is 69.1. The van der Waals surface area contributed by atoms with Crippen LogP contribution in [0.5, 0.6) is 0 Å². The first-order valence-electron chi connectivity index (χ1n) is 21.2. The van der Waals surface area contributed by atoms with E-state index in [-0.39, 0.29) is 36.6 Å². The molecule has 6 N–H and O–H groups in total. The Balaban J connectivity index is 1.16. The van der Waals surface area contributed by atoms with Gasteiger partial charge in [-0.1, -0.05) is 38.7 Å². The maximum absolute atomic E-state index is 14.0. The lowest BCUT2D eigenvalue weighted by atomic mass is 9.35. The smallest absolute Gasteiger partial charge is 0.332 e. The van der Waals surface area contributed by atoms with E-state index in [0.717, 1.165) is 49.7 Å². The number of aliphatic hydroxyl groups excluding tert-OH is 2. The summed E-state index contributed by atoms with van der Waals surface area (Å²) in [5.74, 6) is -2.20. The number of aldehydes is 1. The van der Waals surface area contributed by atoms with Crippen LogP contribution in [0.25, 0.3) is 0 Å². The van der Waals surface area contributed by atoms with Crippen LogP contribution < -0.4 is 5.32 Å². The van der Waals surface area contributed by atoms with Crippen LogP contribution in [0.2, 0.25) is 0 Å². The van der Waals surface area contributed by atoms with Crippen molar-refractivity contribution < 1.29 is 44.6 Å². The second kappa shape index (κ2) is 12.7. The Labute approximate surface area is 314 Å². The third-order valence-electron chi connectivity index (χ3n) is 18.1. The van der Waals surface area contributed by atoms with Crippen molar-refractivity contribution in [3.05, 3.63) is 23.3 Å². The maximum atomic E-state index is 14.0. The van der Waals surface area contributed by atoms with Gasteiger partial charge in [-0.15, -0.1) is 0 Å². The SMILES string of the molecule is COCCCNCC1=C[C@H]2C[C@@]3(O)[C@]4(CCC[C@@]15OC(=O)C=C5[C@@H]24)CC[C@H]1[C@@]3(O)[C@@H](O)[C@@H]2C[C@@H]([C@@H](C)C3CCCC3)CC[C@@H]3[C@@H](O)CC[C@@]1(C=O)[C@@]32O. The molecule has 294 valence electrons. The summed E-state index contributed by atoms with van der Waals surface area (Å²) in [6.45, 7) is 4.19. The van der Waals surface area contributed by atoms with E-state index < -0.39 is 63.2 Å². The molecule has 0 aromatic carbocycles. The zero-order valence-corrected chi connectivity index (χ0v) is 31.8. The third-order valence-corrected chi connectivity index (χ3v) is 18.1. The van der Waals surface area contributed by atoms with Crippen molar-refractivity contribution in [3.63, 3.8) is 0 Å². The van der Waals surface area contributed by atoms with Gasteiger partial charge in [0.2, 0.25) is 0 Å². The molecule has 0 unspecified atom stereocenters. The molecule has 0 amide bonds. The molecule has 1 aliphatic heterocycles. The quantitative estimate of drug-likeness (QED) is 0.0889. The minimum absolute atomic E-state index is 0.148. The van der Waals surface area contributed by atoms with Gasteiger partial charge >= 0.3 is 5.97 Å². The van der Waals surface area contributed by atoms with Gasteiger partial charge in [0.15, 0.2) is 5.60 Å². The zero-order chi connectivity index (χ0) is 37.2. The van der Waals surface area contributed by atoms with Crippen LogP contribution in [-0.4, -0.2) is 99.2 Å². The number of carbonyl (C=O) groups is 2. The van der Waals surface area contributed by atoms with E-state index in [2.05, 4.69) is 18.3 Å². The van der Waals surface area contributed by atoms with Crippen LogP contribution in [0.3, 0.4) is 0 Å². The van der Waals surface area contributed by atoms with Crippen molar-refractivity contribution in [1.82, 2.24) is 5.32 Å². The summed E-state index contributed by atoms with van der Waals surface area (Å²) < 4.78 is 11.5. The largest absolute Gasteiger partial charge is 0.447 e. The predicted molar refractivity (Wildman–Crippen MR) is 195 cm³/mol. The Morgan fingerprint density at radius 1 is 0.962 bits per heavy atom. The van der Waals surface area contributed by atoms with Crippen molar-refractivity contribution in [2.75, 3.05) is 26.8 Å². The number of hydrogen-bond donors (Lipinski definition) is 6. The molecule has 1 heterocycles. The molecule has 10 heteroatoms. The van der Waals surface area contributed by atoms with Crippen LogP contribution in [-0.2, 0) is 19.1 Å². The molecule has 0 aromatic heterocycles. The molecule has 1 spiro atoms. The van der Waals surface area contributed by atoms with E-state index in [1.165, 1.54) is 12.8 Å². The van der Waals surface area contributed by atoms with Crippen LogP contribution in [0.15, 0.2) is 23.3 Å². The molecule has 0 aromatic rings. The van der Waals surface area contributed by atoms with Crippen molar-refractivity contribution in [1.29, 1.82) is 0 Å². The van der Waals surface area contributed by atoms with Gasteiger partial charge in [-0.2, -0.15) is 0 Å². The van der Waals surface area contributed by atoms with Crippen molar-refractivity contribution in [3.8, 4) is 0 Å². The molecular weight excluding hydrogens is 674 g/mol. The van der Waals surface area contributed by atoms with E-state index in [4.69, 9.17) is 9.47 Å². The van der Waals surface area contributed by atoms with Gasteiger partial charge in [0.05, 0.1) is 23.2 Å². The van der Waals surface area contributed by atoms with E-state index in [9.17, 15) is 35.1 Å². The molecule has 7 fully saturated rings. The minimum atomic E-state index is -2.10. The minimum Gasteiger partial charge on any atom is -0.447 e. The summed E-state index contributed by atoms with van der Waals surface area (Å²) in [6.07, 6.45) is 13.2. The number of aliphatic hydroxyl groups is 5. The fourth-order valence-corrected chi connectivity index (χ4v) is 15.9. The number of nitrogens with one attached hydrogen (secondary N) is 1. The van der Waals surface area contributed by atoms with E-state index >= 15 is 0 Å². The fraction of sp³-hybridized carbons (Fsp3) is 0.860. The van der Waals surface area contributed by atoms with Crippen LogP contribution in [0, 0.1) is 58.2 Å². The van der Waals surface area contributed by atoms with Crippen molar-refractivity contribution in [2.24, 2.45) is 58.2 Å². The Bertz CT molecular complexity index is 1560. The van der Waals surface area contributed by atoms with Gasteiger partial charge in [0.25, 0.3) is 0 Å². The molecule has 8 aliphatic carbocycles. The summed E-state index contributed by atoms with van der Waals surface area (Å²) in [4.78, 5) is 27.2. The first-order valence-corrected chi connectivity index (χ1v) is 21.2. The van der Waals surface area contributed by atoms with Crippen molar-refractivity contribution >= 4 is 12.3 Å². The number of hydrogen-bond acceptors (Lipinski definition) is 10. The molecule has 2 bridgehead atoms. The van der Waals surface area contributed by atoms with Gasteiger partial charge < -0.3 is 45.1 Å². The van der Waals surface area contributed by atoms with Crippen LogP contribution >= 0.6 is 0 Å². The number of ether oxygens (including phenoxy) is 2. The van der Waals surface area contributed by atoms with Crippen LogP contribution in [0.1, 0.15) is 110 Å². The molecular formula is C43H63NO9. The Morgan fingerprint density at radius 3 is 2.51 bits per heavy atom. The highest BCUT2D eigenvalue weighted by molar-refractivity contribution is 5.88. The lowest BCUT2D eigenvalue weighted by molar-refractivity contribution is -0.375. The second-order valence-corrected chi connectivity index (χ2v) is 19.4. The lowest BCUT2D eigenvalue weighted by Gasteiger charge is -2.73. The monoisotopic (exact) mass is 737 g/mol. The summed E-state index contributed by atoms with van der Waals surface area (Å²) in [7, 11) is 1.68. The Kier molecular flexibility index (Phi) is 8.83. The van der Waals surface area contributed by atoms with E-state index in [1.54, 1.807) is 13.2 Å². The molecule has 0 radical (unpaired) electrons. The first kappa shape index (κ1) is 36.9. The fourth-order valence-electron chi connectivity index (χ4n) is 15.9. The molecule has 53 heavy (non-hydrogen) atoms. The summed E-state index contributed by atoms with van der Waals surface area (Å²) >= 11 is 0. The normalized spacial score (nSPS) is 51.8. The highest BCUT2D eigenvalue weighted by Crippen LogP contribution is 2.78. The average molecular weight is 738 g/mol. The van der Waals surface area contributed by atoms with Gasteiger partial charge in [-0.3, -0.25) is 0 Å². The van der Waals surface area contributed by atoms with E-state index in [0.29, 0.717) is 76.4 Å². The molecule has 0 saturated heterocycles. The van der Waals surface area contributed by atoms with Gasteiger partial charge in [-0.05, 0) is 124 Å². The summed E-state index contributed by atoms with van der Waals surface area (Å²) in [5.41, 5.74) is -6.93. The lowest BCUT2D eigenvalue weighted by Crippen LogP contribution is -2.85. The number of rotatable bonds is 9. The number of fused-ring (bicyclic) bond motifs is 3. The Morgan fingerprint density at radius 2 is 1.75 bits per heavy atom. The highest BCUT2D eigenvalue weighted by atomic mass is 16.6. The van der Waals surface area contributed by atoms with Gasteiger partial charge in [0.1, 0.15) is 17.5 Å². The highest BCUT2D eigenvalue weighted by Gasteiger charge is 2.85. The summed E-state index contributed by atoms with van der Waals surface area (Å²) in [6, 6.07) is 0. The third kappa shape index (κ3) is 4.52. The molecule has 9 aliphatic rings. The maximum Gasteiger partial charge on any atom is 0.332 e. The average Bonchev–Trinajstić information content (AvgIpc) is 3.80.